The summed E-state index contributed by atoms with van der Waals surface area (Å²) in [5.41, 5.74) is 4.49. The molecule has 0 aliphatic carbocycles. The number of rotatable bonds is 6. The molecule has 9 nitrogen and oxygen atoms in total. The number of phenols is 1. The Labute approximate surface area is 164 Å². The monoisotopic (exact) mass is 399 g/mol. The van der Waals surface area contributed by atoms with Gasteiger partial charge in [0.15, 0.2) is 5.16 Å². The molecule has 10 heteroatoms. The number of aromatic hydroxyl groups is 1. The summed E-state index contributed by atoms with van der Waals surface area (Å²) in [4.78, 5) is 26.7. The maximum atomic E-state index is 12.0. The first-order valence-corrected chi connectivity index (χ1v) is 9.19. The highest BCUT2D eigenvalue weighted by molar-refractivity contribution is 7.99. The quantitative estimate of drug-likeness (QED) is 0.284. The zero-order chi connectivity index (χ0) is 20.3. The summed E-state index contributed by atoms with van der Waals surface area (Å²) in [7, 11) is 1.88. The third-order valence-electron chi connectivity index (χ3n) is 3.93. The van der Waals surface area contributed by atoms with Crippen molar-refractivity contribution >= 4 is 40.6 Å². The second-order valence-electron chi connectivity index (χ2n) is 6.00. The van der Waals surface area contributed by atoms with E-state index in [0.717, 1.165) is 11.0 Å². The average molecular weight is 399 g/mol. The van der Waals surface area contributed by atoms with Crippen molar-refractivity contribution in [1.82, 2.24) is 15.0 Å². The molecule has 3 rings (SSSR count). The van der Waals surface area contributed by atoms with Crippen LogP contribution in [0.3, 0.4) is 0 Å². The minimum Gasteiger partial charge on any atom is -0.502 e. The molecule has 0 bridgehead atoms. The first-order valence-electron chi connectivity index (χ1n) is 8.21. The van der Waals surface area contributed by atoms with Gasteiger partial charge in [0.1, 0.15) is 0 Å². The van der Waals surface area contributed by atoms with Crippen molar-refractivity contribution in [2.24, 2.45) is 12.1 Å². The smallest absolute Gasteiger partial charge is 0.311 e. The largest absolute Gasteiger partial charge is 0.502 e. The number of benzene rings is 2. The van der Waals surface area contributed by atoms with E-state index in [1.165, 1.54) is 30.1 Å². The lowest BCUT2D eigenvalue weighted by molar-refractivity contribution is -0.385. The van der Waals surface area contributed by atoms with Crippen molar-refractivity contribution in [3.63, 3.8) is 0 Å². The molecule has 0 saturated carbocycles. The number of nitrogens with zero attached hydrogens (tertiary/aromatic N) is 4. The van der Waals surface area contributed by atoms with Crippen molar-refractivity contribution in [2.75, 3.05) is 5.75 Å². The molecule has 0 spiro atoms. The van der Waals surface area contributed by atoms with E-state index in [9.17, 15) is 20.0 Å². The van der Waals surface area contributed by atoms with E-state index in [4.69, 9.17) is 0 Å². The molecule has 0 aliphatic rings. The van der Waals surface area contributed by atoms with Crippen LogP contribution in [0.2, 0.25) is 0 Å². The first kappa shape index (κ1) is 19.4. The maximum absolute atomic E-state index is 12.0. The highest BCUT2D eigenvalue weighted by Crippen LogP contribution is 2.30. The molecule has 2 aromatic carbocycles. The van der Waals surface area contributed by atoms with Gasteiger partial charge < -0.3 is 9.67 Å². The first-order chi connectivity index (χ1) is 13.4. The Bertz CT molecular complexity index is 1090. The van der Waals surface area contributed by atoms with E-state index in [1.807, 2.05) is 35.9 Å². The summed E-state index contributed by atoms with van der Waals surface area (Å²) in [6, 6.07) is 10.5. The van der Waals surface area contributed by atoms with E-state index < -0.39 is 16.4 Å². The van der Waals surface area contributed by atoms with Gasteiger partial charge in [-0.1, -0.05) is 23.9 Å². The number of nitro benzene ring substituents is 1. The minimum absolute atomic E-state index is 0.0917. The maximum Gasteiger partial charge on any atom is 0.311 e. The number of aromatic nitrogens is 2. The van der Waals surface area contributed by atoms with Crippen molar-refractivity contribution in [2.45, 2.75) is 12.1 Å². The van der Waals surface area contributed by atoms with Crippen molar-refractivity contribution < 1.29 is 14.8 Å². The van der Waals surface area contributed by atoms with Crippen LogP contribution in [-0.2, 0) is 11.8 Å². The number of carbonyl (C=O) groups excluding carboxylic acids is 1. The van der Waals surface area contributed by atoms with Gasteiger partial charge in [-0.3, -0.25) is 14.9 Å². The summed E-state index contributed by atoms with van der Waals surface area (Å²) in [5, 5.41) is 25.4. The van der Waals surface area contributed by atoms with Gasteiger partial charge in [0, 0.05) is 18.7 Å². The van der Waals surface area contributed by atoms with E-state index in [2.05, 4.69) is 15.5 Å². The Hall–Kier alpha value is -3.40. The second kappa shape index (κ2) is 8.09. The number of aryl methyl sites for hydroxylation is 2. The topological polar surface area (TPSA) is 123 Å². The number of amides is 1. The van der Waals surface area contributed by atoms with Crippen LogP contribution in [0.15, 0.2) is 46.7 Å². The molecule has 3 aromatic rings. The standard InChI is InChI=1S/C18H17N5O4S/c1-11-7-12(17(25)15(8-11)23(26)27)9-19-21-16(24)10-28-18-20-13-5-3-4-6-14(13)22(18)2/h3-9,25H,10H2,1-2H3,(H,21,24). The van der Waals surface area contributed by atoms with Gasteiger partial charge >= 0.3 is 5.69 Å². The average Bonchev–Trinajstić information content (AvgIpc) is 2.98. The van der Waals surface area contributed by atoms with Gasteiger partial charge in [0.05, 0.1) is 27.9 Å². The molecule has 0 unspecified atom stereocenters. The van der Waals surface area contributed by atoms with Crippen molar-refractivity contribution in [3.05, 3.63) is 57.6 Å². The van der Waals surface area contributed by atoms with Gasteiger partial charge in [-0.25, -0.2) is 10.4 Å². The SMILES string of the molecule is Cc1cc(C=NNC(=O)CSc2nc3ccccc3n2C)c(O)c([N+](=O)[O-])c1. The molecule has 2 N–H and O–H groups in total. The predicted octanol–water partition coefficient (Wildman–Crippen LogP) is 2.74. The lowest BCUT2D eigenvalue weighted by Gasteiger charge is -2.03. The summed E-state index contributed by atoms with van der Waals surface area (Å²) < 4.78 is 1.90. The normalized spacial score (nSPS) is 11.2. The van der Waals surface area contributed by atoms with Crippen LogP contribution in [-0.4, -0.2) is 37.5 Å². The van der Waals surface area contributed by atoms with Gasteiger partial charge in [-0.05, 0) is 30.7 Å². The number of fused-ring (bicyclic) bond motifs is 1. The molecular weight excluding hydrogens is 382 g/mol. The van der Waals surface area contributed by atoms with Crippen LogP contribution in [0, 0.1) is 17.0 Å². The summed E-state index contributed by atoms with van der Waals surface area (Å²) in [6.45, 7) is 1.66. The second-order valence-corrected chi connectivity index (χ2v) is 6.95. The van der Waals surface area contributed by atoms with Crippen LogP contribution in [0.1, 0.15) is 11.1 Å². The number of nitrogens with one attached hydrogen (secondary N) is 1. The van der Waals surface area contributed by atoms with Crippen LogP contribution < -0.4 is 5.43 Å². The molecule has 0 radical (unpaired) electrons. The number of hydrogen-bond donors (Lipinski definition) is 2. The fraction of sp³-hybridized carbons (Fsp3) is 0.167. The summed E-state index contributed by atoms with van der Waals surface area (Å²) in [6.07, 6.45) is 1.17. The Morgan fingerprint density at radius 1 is 1.43 bits per heavy atom. The van der Waals surface area contributed by atoms with E-state index in [1.54, 1.807) is 6.92 Å². The predicted molar refractivity (Wildman–Crippen MR) is 107 cm³/mol. The number of nitro groups is 1. The molecule has 0 aliphatic heterocycles. The lowest BCUT2D eigenvalue weighted by atomic mass is 10.1. The summed E-state index contributed by atoms with van der Waals surface area (Å²) >= 11 is 1.27. The molecular formula is C18H17N5O4S. The molecule has 28 heavy (non-hydrogen) atoms. The number of hydrazone groups is 1. The number of hydrogen-bond acceptors (Lipinski definition) is 7. The van der Waals surface area contributed by atoms with Crippen LogP contribution in [0.5, 0.6) is 5.75 Å². The Kier molecular flexibility index (Phi) is 5.59. The van der Waals surface area contributed by atoms with E-state index in [-0.39, 0.29) is 17.2 Å². The highest BCUT2D eigenvalue weighted by Gasteiger charge is 2.17. The third-order valence-corrected chi connectivity index (χ3v) is 4.96. The van der Waals surface area contributed by atoms with E-state index >= 15 is 0 Å². The number of imidazole rings is 1. The molecule has 1 aromatic heterocycles. The number of thioether (sulfide) groups is 1. The lowest BCUT2D eigenvalue weighted by Crippen LogP contribution is -2.19. The van der Waals surface area contributed by atoms with Crippen LogP contribution >= 0.6 is 11.8 Å². The molecule has 144 valence electrons. The van der Waals surface area contributed by atoms with Crippen LogP contribution in [0.4, 0.5) is 5.69 Å². The van der Waals surface area contributed by atoms with Gasteiger partial charge in [0.2, 0.25) is 5.75 Å². The molecule has 0 fully saturated rings. The molecule has 1 amide bonds. The highest BCUT2D eigenvalue weighted by atomic mass is 32.2. The van der Waals surface area contributed by atoms with Crippen molar-refractivity contribution in [1.29, 1.82) is 0 Å². The molecule has 0 saturated heterocycles. The number of carbonyl (C=O) groups is 1. The Morgan fingerprint density at radius 2 is 2.18 bits per heavy atom. The zero-order valence-electron chi connectivity index (χ0n) is 15.1. The van der Waals surface area contributed by atoms with Crippen LogP contribution in [0.25, 0.3) is 11.0 Å². The third kappa shape index (κ3) is 4.12. The molecule has 0 atom stereocenters. The number of para-hydroxylation sites is 2. The fourth-order valence-electron chi connectivity index (χ4n) is 2.61. The Morgan fingerprint density at radius 3 is 2.89 bits per heavy atom. The Balaban J connectivity index is 1.63. The zero-order valence-corrected chi connectivity index (χ0v) is 15.9. The minimum atomic E-state index is -0.675. The van der Waals surface area contributed by atoms with Crippen molar-refractivity contribution in [3.8, 4) is 5.75 Å². The van der Waals surface area contributed by atoms with Gasteiger partial charge in [-0.2, -0.15) is 5.10 Å². The van der Waals surface area contributed by atoms with E-state index in [0.29, 0.717) is 10.7 Å². The number of phenolic OH excluding ortho intramolecular Hbond substituents is 1. The summed E-state index contributed by atoms with van der Waals surface area (Å²) in [5.74, 6) is -0.772. The van der Waals surface area contributed by atoms with Gasteiger partial charge in [0.25, 0.3) is 5.91 Å². The fourth-order valence-corrected chi connectivity index (χ4v) is 3.39. The van der Waals surface area contributed by atoms with Gasteiger partial charge in [-0.15, -0.1) is 0 Å². The molecule has 1 heterocycles.